The van der Waals surface area contributed by atoms with Crippen LogP contribution in [0, 0.1) is 5.82 Å². The van der Waals surface area contributed by atoms with E-state index in [0.29, 0.717) is 43.1 Å². The van der Waals surface area contributed by atoms with E-state index in [-0.39, 0.29) is 17.6 Å². The van der Waals surface area contributed by atoms with Crippen molar-refractivity contribution in [1.29, 1.82) is 0 Å². The quantitative estimate of drug-likeness (QED) is 0.269. The molecule has 3 rings (SSSR count). The lowest BCUT2D eigenvalue weighted by Gasteiger charge is -2.15. The number of halogens is 1. The summed E-state index contributed by atoms with van der Waals surface area (Å²) in [4.78, 5) is 30.3. The number of rotatable bonds is 9. The second-order valence-electron chi connectivity index (χ2n) is 7.21. The number of hydrogen-bond donors (Lipinski definition) is 2. The van der Waals surface area contributed by atoms with Gasteiger partial charge in [0.2, 0.25) is 0 Å². The molecular formula is C23H27FN4O2S. The number of nitrogens with one attached hydrogen (secondary N) is 2. The summed E-state index contributed by atoms with van der Waals surface area (Å²) in [5.74, 6) is 0.741. The number of fused-ring (bicyclic) bond motifs is 1. The maximum Gasteiger partial charge on any atom is 0.261 e. The molecule has 31 heavy (non-hydrogen) atoms. The SMILES string of the molecule is CN=C(NCCCCN1C(=O)c2ccccc2C1=O)NCc1ccc(F)cc1CSC. The molecule has 0 saturated heterocycles. The molecular weight excluding hydrogens is 415 g/mol. The van der Waals surface area contributed by atoms with Crippen molar-refractivity contribution in [3.8, 4) is 0 Å². The maximum absolute atomic E-state index is 13.5. The van der Waals surface area contributed by atoms with Crippen LogP contribution in [-0.4, -0.2) is 49.1 Å². The molecule has 2 amide bonds. The normalized spacial score (nSPS) is 13.5. The number of nitrogens with zero attached hydrogens (tertiary/aromatic N) is 2. The molecule has 6 nitrogen and oxygen atoms in total. The topological polar surface area (TPSA) is 73.8 Å². The molecule has 0 atom stereocenters. The van der Waals surface area contributed by atoms with Crippen LogP contribution in [0.4, 0.5) is 4.39 Å². The van der Waals surface area contributed by atoms with Gasteiger partial charge in [-0.1, -0.05) is 18.2 Å². The zero-order chi connectivity index (χ0) is 22.2. The Morgan fingerprint density at radius 2 is 1.74 bits per heavy atom. The lowest BCUT2D eigenvalue weighted by Crippen LogP contribution is -2.38. The molecule has 0 radical (unpaired) electrons. The van der Waals surface area contributed by atoms with Crippen LogP contribution in [0.3, 0.4) is 0 Å². The number of thioether (sulfide) groups is 1. The van der Waals surface area contributed by atoms with Crippen LogP contribution in [0.1, 0.15) is 44.7 Å². The first kappa shape index (κ1) is 22.8. The van der Waals surface area contributed by atoms with Gasteiger partial charge in [-0.05, 0) is 54.5 Å². The Hall–Kier alpha value is -2.87. The average Bonchev–Trinajstić information content (AvgIpc) is 3.02. The summed E-state index contributed by atoms with van der Waals surface area (Å²) in [7, 11) is 1.70. The second kappa shape index (κ2) is 10.9. The second-order valence-corrected chi connectivity index (χ2v) is 8.08. The largest absolute Gasteiger partial charge is 0.356 e. The van der Waals surface area contributed by atoms with Crippen molar-refractivity contribution >= 4 is 29.5 Å². The molecule has 0 spiro atoms. The molecule has 2 aromatic carbocycles. The van der Waals surface area contributed by atoms with Crippen LogP contribution in [0.2, 0.25) is 0 Å². The van der Waals surface area contributed by atoms with Crippen LogP contribution < -0.4 is 10.6 Å². The first-order valence-corrected chi connectivity index (χ1v) is 11.6. The molecule has 0 aliphatic carbocycles. The monoisotopic (exact) mass is 442 g/mol. The third-order valence-electron chi connectivity index (χ3n) is 5.12. The van der Waals surface area contributed by atoms with Gasteiger partial charge in [0.15, 0.2) is 5.96 Å². The van der Waals surface area contributed by atoms with Gasteiger partial charge in [-0.2, -0.15) is 11.8 Å². The van der Waals surface area contributed by atoms with E-state index < -0.39 is 0 Å². The van der Waals surface area contributed by atoms with Crippen molar-refractivity contribution in [2.75, 3.05) is 26.4 Å². The van der Waals surface area contributed by atoms with Crippen molar-refractivity contribution in [3.63, 3.8) is 0 Å². The van der Waals surface area contributed by atoms with Crippen molar-refractivity contribution in [1.82, 2.24) is 15.5 Å². The van der Waals surface area contributed by atoms with E-state index in [1.165, 1.54) is 11.0 Å². The number of unbranched alkanes of at least 4 members (excludes halogenated alkanes) is 1. The summed E-state index contributed by atoms with van der Waals surface area (Å²) < 4.78 is 13.5. The standard InChI is InChI=1S/C23H27FN4O2S/c1-25-23(27-14-16-9-10-18(24)13-17(16)15-31-2)26-11-5-6-12-28-21(29)19-7-3-4-8-20(19)22(28)30/h3-4,7-10,13H,5-6,11-12,14-15H2,1-2H3,(H2,25,26,27). The molecule has 0 unspecified atom stereocenters. The Morgan fingerprint density at radius 1 is 1.03 bits per heavy atom. The molecule has 0 aromatic heterocycles. The zero-order valence-electron chi connectivity index (χ0n) is 17.8. The van der Waals surface area contributed by atoms with Gasteiger partial charge in [0.05, 0.1) is 11.1 Å². The van der Waals surface area contributed by atoms with Gasteiger partial charge in [0.25, 0.3) is 11.8 Å². The first-order valence-electron chi connectivity index (χ1n) is 10.2. The Bertz CT molecular complexity index is 945. The molecule has 1 heterocycles. The van der Waals surface area contributed by atoms with Gasteiger partial charge in [0.1, 0.15) is 5.82 Å². The molecule has 0 saturated carbocycles. The number of hydrogen-bond acceptors (Lipinski definition) is 4. The van der Waals surface area contributed by atoms with Gasteiger partial charge in [-0.3, -0.25) is 19.5 Å². The number of amides is 2. The number of guanidine groups is 1. The number of benzene rings is 2. The van der Waals surface area contributed by atoms with Gasteiger partial charge in [0, 0.05) is 32.4 Å². The Labute approximate surface area is 186 Å². The van der Waals surface area contributed by atoms with Crippen molar-refractivity contribution < 1.29 is 14.0 Å². The fourth-order valence-electron chi connectivity index (χ4n) is 3.50. The van der Waals surface area contributed by atoms with E-state index in [2.05, 4.69) is 15.6 Å². The van der Waals surface area contributed by atoms with E-state index in [9.17, 15) is 14.0 Å². The minimum absolute atomic E-state index is 0.216. The summed E-state index contributed by atoms with van der Waals surface area (Å²) >= 11 is 1.65. The Morgan fingerprint density at radius 3 is 2.39 bits per heavy atom. The highest BCUT2D eigenvalue weighted by atomic mass is 32.2. The lowest BCUT2D eigenvalue weighted by atomic mass is 10.1. The summed E-state index contributed by atoms with van der Waals surface area (Å²) in [6.07, 6.45) is 3.47. The highest BCUT2D eigenvalue weighted by Gasteiger charge is 2.34. The number of imide groups is 1. The molecule has 164 valence electrons. The first-order chi connectivity index (χ1) is 15.0. The van der Waals surface area contributed by atoms with Crippen LogP contribution in [-0.2, 0) is 12.3 Å². The average molecular weight is 443 g/mol. The fourth-order valence-corrected chi connectivity index (χ4v) is 4.08. The molecule has 2 aromatic rings. The smallest absolute Gasteiger partial charge is 0.261 e. The molecule has 0 fully saturated rings. The van der Waals surface area contributed by atoms with E-state index in [1.54, 1.807) is 55.2 Å². The number of carbonyl (C=O) groups excluding carboxylic acids is 2. The van der Waals surface area contributed by atoms with Gasteiger partial charge < -0.3 is 10.6 Å². The summed E-state index contributed by atoms with van der Waals surface area (Å²) in [6.45, 7) is 1.60. The van der Waals surface area contributed by atoms with E-state index in [0.717, 1.165) is 23.3 Å². The zero-order valence-corrected chi connectivity index (χ0v) is 18.6. The Kier molecular flexibility index (Phi) is 8.06. The van der Waals surface area contributed by atoms with Crippen molar-refractivity contribution in [2.45, 2.75) is 25.1 Å². The minimum Gasteiger partial charge on any atom is -0.356 e. The third-order valence-corrected chi connectivity index (χ3v) is 5.72. The van der Waals surface area contributed by atoms with Gasteiger partial charge in [-0.15, -0.1) is 0 Å². The third kappa shape index (κ3) is 5.64. The maximum atomic E-state index is 13.5. The predicted molar refractivity (Wildman–Crippen MR) is 123 cm³/mol. The van der Waals surface area contributed by atoms with Crippen LogP contribution in [0.15, 0.2) is 47.5 Å². The van der Waals surface area contributed by atoms with Crippen LogP contribution >= 0.6 is 11.8 Å². The van der Waals surface area contributed by atoms with Gasteiger partial charge >= 0.3 is 0 Å². The highest BCUT2D eigenvalue weighted by molar-refractivity contribution is 7.97. The Balaban J connectivity index is 1.41. The van der Waals surface area contributed by atoms with Crippen LogP contribution in [0.25, 0.3) is 0 Å². The molecule has 2 N–H and O–H groups in total. The fraction of sp³-hybridized carbons (Fsp3) is 0.348. The number of carbonyl (C=O) groups is 2. The van der Waals surface area contributed by atoms with E-state index in [1.807, 2.05) is 6.26 Å². The van der Waals surface area contributed by atoms with Crippen molar-refractivity contribution in [3.05, 3.63) is 70.5 Å². The molecule has 0 bridgehead atoms. The highest BCUT2D eigenvalue weighted by Crippen LogP contribution is 2.22. The van der Waals surface area contributed by atoms with Gasteiger partial charge in [-0.25, -0.2) is 4.39 Å². The summed E-state index contributed by atoms with van der Waals surface area (Å²) in [5, 5.41) is 6.49. The summed E-state index contributed by atoms with van der Waals surface area (Å²) in [5.41, 5.74) is 2.97. The summed E-state index contributed by atoms with van der Waals surface area (Å²) in [6, 6.07) is 11.8. The van der Waals surface area contributed by atoms with Crippen molar-refractivity contribution in [2.24, 2.45) is 4.99 Å². The molecule has 1 aliphatic heterocycles. The number of aliphatic imine (C=N–C) groups is 1. The molecule has 8 heteroatoms. The molecule has 1 aliphatic rings. The van der Waals surface area contributed by atoms with Crippen LogP contribution in [0.5, 0.6) is 0 Å². The lowest BCUT2D eigenvalue weighted by molar-refractivity contribution is 0.0652. The predicted octanol–water partition coefficient (Wildman–Crippen LogP) is 3.43. The van der Waals surface area contributed by atoms with E-state index >= 15 is 0 Å². The minimum atomic E-state index is -0.228. The van der Waals surface area contributed by atoms with E-state index in [4.69, 9.17) is 0 Å².